The molecule has 0 aliphatic rings. The highest BCUT2D eigenvalue weighted by Crippen LogP contribution is 2.36. The lowest BCUT2D eigenvalue weighted by Gasteiger charge is -2.23. The van der Waals surface area contributed by atoms with Crippen molar-refractivity contribution >= 4 is 30.2 Å². The first-order chi connectivity index (χ1) is 12.7. The summed E-state index contributed by atoms with van der Waals surface area (Å²) in [5.41, 5.74) is 0.517. The summed E-state index contributed by atoms with van der Waals surface area (Å²) in [7, 11) is -4.32. The number of hydrogen-bond acceptors (Lipinski definition) is 4. The van der Waals surface area contributed by atoms with Gasteiger partial charge in [0, 0.05) is 18.1 Å². The third-order valence-electron chi connectivity index (χ3n) is 3.90. The number of rotatable bonds is 6. The highest BCUT2D eigenvalue weighted by atomic mass is 35.5. The Bertz CT molecular complexity index is 1120. The minimum Gasteiger partial charge on any atom is -0.324 e. The first-order valence-corrected chi connectivity index (χ1v) is 10.1. The first-order valence-electron chi connectivity index (χ1n) is 7.97. The lowest BCUT2D eigenvalue weighted by atomic mass is 10.1. The molecular formula is C17H17ClN3O5P. The zero-order chi connectivity index (χ0) is 19.6. The summed E-state index contributed by atoms with van der Waals surface area (Å²) >= 11 is 6.11. The standard InChI is InChI=1S/C17H17ClN3O5P/c18-13-6-12(15-14(7-13)19-16(22)17(23)20-15)9-21(10-27(24,25)26)8-11-4-2-1-3-5-11/h1-7H,8-10H2,(H,19,22)(H,20,23)(H2,24,25,26). The average Bonchev–Trinajstić information content (AvgIpc) is 2.56. The zero-order valence-corrected chi connectivity index (χ0v) is 15.7. The van der Waals surface area contributed by atoms with Crippen molar-refractivity contribution < 1.29 is 14.4 Å². The Morgan fingerprint density at radius 1 is 1.00 bits per heavy atom. The smallest absolute Gasteiger partial charge is 0.324 e. The van der Waals surface area contributed by atoms with E-state index >= 15 is 0 Å². The van der Waals surface area contributed by atoms with Crippen LogP contribution in [0.5, 0.6) is 0 Å². The van der Waals surface area contributed by atoms with Gasteiger partial charge in [-0.25, -0.2) is 0 Å². The summed E-state index contributed by atoms with van der Waals surface area (Å²) in [6, 6.07) is 12.3. The Balaban J connectivity index is 2.02. The van der Waals surface area contributed by atoms with E-state index in [2.05, 4.69) is 9.97 Å². The molecule has 1 aromatic heterocycles. The molecule has 0 unspecified atom stereocenters. The van der Waals surface area contributed by atoms with Gasteiger partial charge >= 0.3 is 18.7 Å². The van der Waals surface area contributed by atoms with Crippen LogP contribution in [0.1, 0.15) is 11.1 Å². The lowest BCUT2D eigenvalue weighted by Crippen LogP contribution is -2.30. The minimum atomic E-state index is -4.32. The lowest BCUT2D eigenvalue weighted by molar-refractivity contribution is 0.263. The van der Waals surface area contributed by atoms with E-state index in [0.717, 1.165) is 5.56 Å². The maximum Gasteiger partial charge on any atom is 0.339 e. The molecule has 0 amide bonds. The van der Waals surface area contributed by atoms with Crippen LogP contribution in [0, 0.1) is 0 Å². The number of H-pyrrole nitrogens is 2. The highest BCUT2D eigenvalue weighted by molar-refractivity contribution is 7.51. The van der Waals surface area contributed by atoms with Crippen LogP contribution in [0.15, 0.2) is 52.1 Å². The van der Waals surface area contributed by atoms with Gasteiger partial charge in [-0.05, 0) is 23.3 Å². The molecule has 0 bridgehead atoms. The van der Waals surface area contributed by atoms with Crippen LogP contribution in [-0.2, 0) is 17.7 Å². The van der Waals surface area contributed by atoms with E-state index in [1.807, 2.05) is 30.3 Å². The molecule has 0 saturated heterocycles. The number of nitrogens with one attached hydrogen (secondary N) is 2. The fourth-order valence-corrected chi connectivity index (χ4v) is 3.84. The summed E-state index contributed by atoms with van der Waals surface area (Å²) in [5, 5.41) is 0.330. The van der Waals surface area contributed by atoms with Crippen LogP contribution in [0.25, 0.3) is 11.0 Å². The number of hydrogen-bond donors (Lipinski definition) is 4. The Kier molecular flexibility index (Phi) is 5.64. The molecule has 27 heavy (non-hydrogen) atoms. The van der Waals surface area contributed by atoms with Gasteiger partial charge < -0.3 is 19.8 Å². The summed E-state index contributed by atoms with van der Waals surface area (Å²) in [6.07, 6.45) is -0.469. The van der Waals surface area contributed by atoms with Gasteiger partial charge in [0.1, 0.15) is 6.29 Å². The molecule has 3 rings (SSSR count). The van der Waals surface area contributed by atoms with Crippen molar-refractivity contribution in [2.24, 2.45) is 0 Å². The molecule has 3 aromatic rings. The van der Waals surface area contributed by atoms with Gasteiger partial charge in [-0.15, -0.1) is 0 Å². The number of fused-ring (bicyclic) bond motifs is 1. The SMILES string of the molecule is O=c1[nH]c2cc(Cl)cc(CN(Cc3ccccc3)CP(=O)(O)O)c2[nH]c1=O. The predicted molar refractivity (Wildman–Crippen MR) is 103 cm³/mol. The number of benzene rings is 2. The molecule has 0 spiro atoms. The molecule has 4 N–H and O–H groups in total. The fourth-order valence-electron chi connectivity index (χ4n) is 2.88. The van der Waals surface area contributed by atoms with Gasteiger partial charge in [0.05, 0.1) is 11.0 Å². The molecule has 1 heterocycles. The van der Waals surface area contributed by atoms with Crippen molar-refractivity contribution in [2.75, 3.05) is 6.29 Å². The third-order valence-corrected chi connectivity index (χ3v) is 4.89. The van der Waals surface area contributed by atoms with E-state index in [9.17, 15) is 23.9 Å². The number of nitrogens with zero attached hydrogens (tertiary/aromatic N) is 1. The number of aromatic nitrogens is 2. The van der Waals surface area contributed by atoms with Crippen molar-refractivity contribution in [2.45, 2.75) is 13.1 Å². The Labute approximate surface area is 158 Å². The van der Waals surface area contributed by atoms with Crippen LogP contribution in [0.3, 0.4) is 0 Å². The van der Waals surface area contributed by atoms with E-state index < -0.39 is 25.0 Å². The van der Waals surface area contributed by atoms with Gasteiger partial charge in [0.15, 0.2) is 0 Å². The van der Waals surface area contributed by atoms with Gasteiger partial charge in [0.25, 0.3) is 0 Å². The van der Waals surface area contributed by atoms with E-state index in [-0.39, 0.29) is 13.1 Å². The third kappa shape index (κ3) is 5.15. The Hall–Kier alpha value is -2.22. The van der Waals surface area contributed by atoms with E-state index in [4.69, 9.17) is 11.6 Å². The van der Waals surface area contributed by atoms with Crippen LogP contribution < -0.4 is 11.1 Å². The highest BCUT2D eigenvalue weighted by Gasteiger charge is 2.21. The largest absolute Gasteiger partial charge is 0.339 e. The summed E-state index contributed by atoms with van der Waals surface area (Å²) in [6.45, 7) is 0.395. The van der Waals surface area contributed by atoms with Crippen molar-refractivity contribution in [3.63, 3.8) is 0 Å². The van der Waals surface area contributed by atoms with Crippen molar-refractivity contribution in [3.05, 3.63) is 79.3 Å². The Morgan fingerprint density at radius 3 is 2.33 bits per heavy atom. The van der Waals surface area contributed by atoms with Crippen LogP contribution >= 0.6 is 19.2 Å². The van der Waals surface area contributed by atoms with Crippen LogP contribution in [0.4, 0.5) is 0 Å². The molecule has 2 aromatic carbocycles. The number of halogens is 1. The first kappa shape index (κ1) is 19.5. The van der Waals surface area contributed by atoms with Crippen LogP contribution in [0.2, 0.25) is 5.02 Å². The van der Waals surface area contributed by atoms with Crippen molar-refractivity contribution in [1.82, 2.24) is 14.9 Å². The molecule has 0 saturated carbocycles. The molecular weight excluding hydrogens is 393 g/mol. The number of aromatic amines is 2. The Morgan fingerprint density at radius 2 is 1.67 bits per heavy atom. The van der Waals surface area contributed by atoms with Gasteiger partial charge in [-0.3, -0.25) is 19.1 Å². The van der Waals surface area contributed by atoms with E-state index in [0.29, 0.717) is 21.6 Å². The normalized spacial score (nSPS) is 12.0. The van der Waals surface area contributed by atoms with Gasteiger partial charge in [-0.1, -0.05) is 41.9 Å². The predicted octanol–water partition coefficient (Wildman–Crippen LogP) is 2.01. The summed E-state index contributed by atoms with van der Waals surface area (Å²) in [5.74, 6) is 0. The van der Waals surface area contributed by atoms with E-state index in [1.54, 1.807) is 11.0 Å². The molecule has 10 heteroatoms. The maximum absolute atomic E-state index is 11.7. The maximum atomic E-state index is 11.7. The quantitative estimate of drug-likeness (QED) is 0.364. The molecule has 0 aliphatic carbocycles. The molecule has 142 valence electrons. The summed E-state index contributed by atoms with van der Waals surface area (Å²) in [4.78, 5) is 48.6. The second-order valence-electron chi connectivity index (χ2n) is 6.17. The minimum absolute atomic E-state index is 0.110. The molecule has 0 aliphatic heterocycles. The monoisotopic (exact) mass is 409 g/mol. The fraction of sp³-hybridized carbons (Fsp3) is 0.176. The molecule has 0 atom stereocenters. The van der Waals surface area contributed by atoms with Gasteiger partial charge in [-0.2, -0.15) is 0 Å². The molecule has 0 radical (unpaired) electrons. The van der Waals surface area contributed by atoms with Crippen molar-refractivity contribution in [3.8, 4) is 0 Å². The van der Waals surface area contributed by atoms with Crippen molar-refractivity contribution in [1.29, 1.82) is 0 Å². The molecule has 8 nitrogen and oxygen atoms in total. The zero-order valence-electron chi connectivity index (χ0n) is 14.1. The second kappa shape index (κ2) is 7.80. The van der Waals surface area contributed by atoms with Gasteiger partial charge in [0.2, 0.25) is 0 Å². The second-order valence-corrected chi connectivity index (χ2v) is 8.22. The molecule has 0 fully saturated rings. The van der Waals surface area contributed by atoms with E-state index in [1.165, 1.54) is 6.07 Å². The average molecular weight is 410 g/mol. The summed E-state index contributed by atoms with van der Waals surface area (Å²) < 4.78 is 11.6. The topological polar surface area (TPSA) is 126 Å². The van der Waals surface area contributed by atoms with Crippen LogP contribution in [-0.4, -0.2) is 30.9 Å².